The first-order valence-corrected chi connectivity index (χ1v) is 6.97. The van der Waals surface area contributed by atoms with Gasteiger partial charge in [0.25, 0.3) is 0 Å². The Balaban J connectivity index is 2.25. The fourth-order valence-corrected chi connectivity index (χ4v) is 2.78. The van der Waals surface area contributed by atoms with E-state index in [0.717, 1.165) is 16.8 Å². The molecule has 5 nitrogen and oxygen atoms in total. The Hall–Kier alpha value is -2.81. The number of ether oxygens (including phenoxy) is 1. The molecular weight excluding hydrogens is 283 g/mol. The molecule has 22 heavy (non-hydrogen) atoms. The highest BCUT2D eigenvalue weighted by molar-refractivity contribution is 5.55. The summed E-state index contributed by atoms with van der Waals surface area (Å²) >= 11 is 0. The van der Waals surface area contributed by atoms with Gasteiger partial charge in [0.1, 0.15) is 17.5 Å². The van der Waals surface area contributed by atoms with Crippen LogP contribution in [0.1, 0.15) is 29.7 Å². The van der Waals surface area contributed by atoms with Gasteiger partial charge in [-0.25, -0.2) is 9.07 Å². The van der Waals surface area contributed by atoms with Gasteiger partial charge in [-0.1, -0.05) is 12.1 Å². The number of allylic oxidation sites excluding steroid dienone is 1. The molecule has 1 aliphatic heterocycles. The summed E-state index contributed by atoms with van der Waals surface area (Å²) in [5, 5.41) is 13.9. The van der Waals surface area contributed by atoms with Crippen molar-refractivity contribution in [3.63, 3.8) is 0 Å². The van der Waals surface area contributed by atoms with Crippen LogP contribution in [0, 0.1) is 24.1 Å². The van der Waals surface area contributed by atoms with E-state index in [0.29, 0.717) is 18.0 Å². The normalized spacial score (nSPS) is 16.9. The molecule has 0 saturated heterocycles. The zero-order valence-electron chi connectivity index (χ0n) is 12.3. The maximum Gasteiger partial charge on any atom is 0.224 e. The van der Waals surface area contributed by atoms with Crippen LogP contribution in [0.5, 0.6) is 5.88 Å². The van der Waals surface area contributed by atoms with E-state index in [1.807, 2.05) is 13.8 Å². The van der Waals surface area contributed by atoms with E-state index in [4.69, 9.17) is 10.5 Å². The van der Waals surface area contributed by atoms with Crippen LogP contribution in [0.3, 0.4) is 0 Å². The van der Waals surface area contributed by atoms with E-state index < -0.39 is 5.92 Å². The number of hydrogen-bond donors (Lipinski definition) is 1. The summed E-state index contributed by atoms with van der Waals surface area (Å²) in [7, 11) is 0. The van der Waals surface area contributed by atoms with Gasteiger partial charge in [0, 0.05) is 6.54 Å². The first-order valence-electron chi connectivity index (χ1n) is 6.97. The van der Waals surface area contributed by atoms with Crippen LogP contribution in [0.2, 0.25) is 0 Å². The van der Waals surface area contributed by atoms with Gasteiger partial charge in [0.05, 0.1) is 17.2 Å². The van der Waals surface area contributed by atoms with Crippen LogP contribution in [-0.4, -0.2) is 9.78 Å². The Morgan fingerprint density at radius 2 is 2.09 bits per heavy atom. The Morgan fingerprint density at radius 3 is 2.68 bits per heavy atom. The van der Waals surface area contributed by atoms with Crippen molar-refractivity contribution in [3.8, 4) is 11.9 Å². The molecule has 2 N–H and O–H groups in total. The molecular formula is C16H15FN4O. The van der Waals surface area contributed by atoms with Gasteiger partial charge in [0.2, 0.25) is 11.8 Å². The van der Waals surface area contributed by atoms with Crippen LogP contribution in [-0.2, 0) is 6.54 Å². The van der Waals surface area contributed by atoms with Crippen molar-refractivity contribution in [2.75, 3.05) is 0 Å². The van der Waals surface area contributed by atoms with Crippen LogP contribution in [0.25, 0.3) is 0 Å². The summed E-state index contributed by atoms with van der Waals surface area (Å²) in [4.78, 5) is 0. The molecule has 1 aromatic heterocycles. The number of rotatable bonds is 2. The first kappa shape index (κ1) is 14.1. The van der Waals surface area contributed by atoms with Crippen molar-refractivity contribution in [2.45, 2.75) is 26.3 Å². The summed E-state index contributed by atoms with van der Waals surface area (Å²) in [6, 6.07) is 8.16. The average Bonchev–Trinajstić information content (AvgIpc) is 2.82. The number of hydrogen-bond acceptors (Lipinski definition) is 4. The maximum atomic E-state index is 13.2. The standard InChI is InChI=1S/C16H15FN4O/c1-3-21-16-13(9(2)20-21)14(12(8-18)15(19)22-16)10-4-6-11(17)7-5-10/h4-7,14H,3,19H2,1-2H3/t14-/m1/s1. The third kappa shape index (κ3) is 2.02. The van der Waals surface area contributed by atoms with Crippen molar-refractivity contribution in [3.05, 3.63) is 58.4 Å². The maximum absolute atomic E-state index is 13.2. The zero-order chi connectivity index (χ0) is 15.9. The third-order valence-corrected chi connectivity index (χ3v) is 3.80. The number of aryl methyl sites for hydroxylation is 2. The average molecular weight is 298 g/mol. The van der Waals surface area contributed by atoms with Crippen LogP contribution in [0.4, 0.5) is 4.39 Å². The molecule has 0 radical (unpaired) electrons. The summed E-state index contributed by atoms with van der Waals surface area (Å²) in [6.45, 7) is 4.44. The second-order valence-corrected chi connectivity index (χ2v) is 5.10. The second-order valence-electron chi connectivity index (χ2n) is 5.10. The van der Waals surface area contributed by atoms with Crippen molar-refractivity contribution in [1.29, 1.82) is 5.26 Å². The van der Waals surface area contributed by atoms with Gasteiger partial charge in [-0.05, 0) is 31.5 Å². The predicted octanol–water partition coefficient (Wildman–Crippen LogP) is 2.57. The quantitative estimate of drug-likeness (QED) is 0.924. The van der Waals surface area contributed by atoms with E-state index >= 15 is 0 Å². The summed E-state index contributed by atoms with van der Waals surface area (Å²) in [5.74, 6) is -0.105. The zero-order valence-corrected chi connectivity index (χ0v) is 12.3. The fourth-order valence-electron chi connectivity index (χ4n) is 2.78. The Morgan fingerprint density at radius 1 is 1.41 bits per heavy atom. The van der Waals surface area contributed by atoms with Gasteiger partial charge in [-0.15, -0.1) is 0 Å². The lowest BCUT2D eigenvalue weighted by Gasteiger charge is -2.24. The van der Waals surface area contributed by atoms with Gasteiger partial charge in [-0.2, -0.15) is 10.4 Å². The molecule has 112 valence electrons. The van der Waals surface area contributed by atoms with Crippen molar-refractivity contribution in [2.24, 2.45) is 5.73 Å². The SMILES string of the molecule is CCn1nc(C)c2c1OC(N)=C(C#N)[C@H]2c1ccc(F)cc1. The molecule has 0 fully saturated rings. The molecule has 1 aromatic carbocycles. The van der Waals surface area contributed by atoms with Crippen LogP contribution < -0.4 is 10.5 Å². The fraction of sp³-hybridized carbons (Fsp3) is 0.250. The van der Waals surface area contributed by atoms with E-state index in [1.165, 1.54) is 12.1 Å². The number of nitrogens with two attached hydrogens (primary N) is 1. The molecule has 0 saturated carbocycles. The first-order chi connectivity index (χ1) is 10.6. The molecule has 1 aliphatic rings. The highest BCUT2D eigenvalue weighted by Gasteiger charge is 2.35. The van der Waals surface area contributed by atoms with E-state index in [9.17, 15) is 9.65 Å². The number of fused-ring (bicyclic) bond motifs is 1. The van der Waals surface area contributed by atoms with Crippen LogP contribution in [0.15, 0.2) is 35.7 Å². The number of benzene rings is 1. The van der Waals surface area contributed by atoms with Crippen molar-refractivity contribution >= 4 is 0 Å². The van der Waals surface area contributed by atoms with E-state index in [-0.39, 0.29) is 11.7 Å². The molecule has 1 atom stereocenters. The topological polar surface area (TPSA) is 76.9 Å². The molecule has 3 rings (SSSR count). The third-order valence-electron chi connectivity index (χ3n) is 3.80. The number of halogens is 1. The Bertz CT molecular complexity index is 799. The molecule has 6 heteroatoms. The van der Waals surface area contributed by atoms with Gasteiger partial charge in [-0.3, -0.25) is 0 Å². The minimum atomic E-state index is -0.394. The molecule has 0 aliphatic carbocycles. The van der Waals surface area contributed by atoms with Crippen molar-refractivity contribution in [1.82, 2.24) is 9.78 Å². The molecule has 0 amide bonds. The predicted molar refractivity (Wildman–Crippen MR) is 78.3 cm³/mol. The van der Waals surface area contributed by atoms with Gasteiger partial charge < -0.3 is 10.5 Å². The van der Waals surface area contributed by atoms with E-state index in [1.54, 1.807) is 16.8 Å². The molecule has 0 unspecified atom stereocenters. The molecule has 0 spiro atoms. The van der Waals surface area contributed by atoms with Gasteiger partial charge >= 0.3 is 0 Å². The number of nitrogens with zero attached hydrogens (tertiary/aromatic N) is 3. The number of aromatic nitrogens is 2. The second kappa shape index (κ2) is 5.19. The smallest absolute Gasteiger partial charge is 0.224 e. The Kier molecular flexibility index (Phi) is 3.33. The largest absolute Gasteiger partial charge is 0.422 e. The summed E-state index contributed by atoms with van der Waals surface area (Å²) < 4.78 is 20.5. The van der Waals surface area contributed by atoms with Crippen molar-refractivity contribution < 1.29 is 9.13 Å². The highest BCUT2D eigenvalue weighted by Crippen LogP contribution is 2.43. The summed E-state index contributed by atoms with van der Waals surface area (Å²) in [5.41, 5.74) is 8.59. The lowest BCUT2D eigenvalue weighted by atomic mass is 9.84. The van der Waals surface area contributed by atoms with Crippen LogP contribution >= 0.6 is 0 Å². The molecule has 2 aromatic rings. The lowest BCUT2D eigenvalue weighted by Crippen LogP contribution is -2.22. The Labute approximate surface area is 127 Å². The minimum Gasteiger partial charge on any atom is -0.422 e. The van der Waals surface area contributed by atoms with E-state index in [2.05, 4.69) is 11.2 Å². The highest BCUT2D eigenvalue weighted by atomic mass is 19.1. The molecule has 2 heterocycles. The monoisotopic (exact) mass is 298 g/mol. The summed E-state index contributed by atoms with van der Waals surface area (Å²) in [6.07, 6.45) is 0. The molecule has 0 bridgehead atoms. The number of nitriles is 1. The lowest BCUT2D eigenvalue weighted by molar-refractivity contribution is 0.350. The minimum absolute atomic E-state index is 0.0684. The van der Waals surface area contributed by atoms with Gasteiger partial charge in [0.15, 0.2) is 0 Å².